The maximum atomic E-state index is 5.57. The average Bonchev–Trinajstić information content (AvgIpc) is 3.92. The second kappa shape index (κ2) is 9.29. The molecule has 212 valence electrons. The fourth-order valence-electron chi connectivity index (χ4n) is 6.31. The van der Waals surface area contributed by atoms with Gasteiger partial charge in [0, 0.05) is 49.4 Å². The summed E-state index contributed by atoms with van der Waals surface area (Å²) in [5.41, 5.74) is 10.8. The van der Waals surface area contributed by atoms with Gasteiger partial charge in [-0.3, -0.25) is 10.2 Å². The molecular weight excluding hydrogens is 605 g/mol. The maximum Gasteiger partial charge on any atom is 0.188 e. The minimum Gasteiger partial charge on any atom is -0.337 e. The van der Waals surface area contributed by atoms with Crippen LogP contribution in [0.5, 0.6) is 0 Å². The molecule has 0 bridgehead atoms. The molecule has 2 N–H and O–H groups in total. The molecule has 11 nitrogen and oxygen atoms in total. The number of benzene rings is 5. The third-order valence-corrected chi connectivity index (χ3v) is 9.72. The van der Waals surface area contributed by atoms with E-state index in [1.807, 2.05) is 66.7 Å². The predicted molar refractivity (Wildman–Crippen MR) is 175 cm³/mol. The largest absolute Gasteiger partial charge is 0.337 e. The second-order valence-corrected chi connectivity index (χ2v) is 12.1. The van der Waals surface area contributed by atoms with E-state index >= 15 is 0 Å². The van der Waals surface area contributed by atoms with Crippen molar-refractivity contribution in [2.24, 2.45) is 0 Å². The maximum absolute atomic E-state index is 5.57. The lowest BCUT2D eigenvalue weighted by Crippen LogP contribution is -1.99. The van der Waals surface area contributed by atoms with E-state index in [2.05, 4.69) is 53.6 Å². The molecule has 0 amide bonds. The van der Waals surface area contributed by atoms with Crippen molar-refractivity contribution in [1.82, 2.24) is 49.9 Å². The molecule has 0 atom stereocenters. The number of hydrogen-bond acceptors (Lipinski definition) is 11. The van der Waals surface area contributed by atoms with Gasteiger partial charge in [-0.25, -0.2) is 0 Å². The zero-order valence-electron chi connectivity index (χ0n) is 22.9. The Bertz CT molecular complexity index is 2750. The van der Waals surface area contributed by atoms with Crippen LogP contribution in [-0.2, 0) is 0 Å². The SMILES string of the molecule is c1ccc2c(-c3c(-c4cccc5onnc45)c(-c4cccc5snnc45)c4nn[nH]c4c3-c3nsc4ccccc34)n[nH]c2c1. The second-order valence-electron chi connectivity index (χ2n) is 10.5. The highest BCUT2D eigenvalue weighted by molar-refractivity contribution is 7.13. The van der Waals surface area contributed by atoms with Crippen LogP contribution in [-0.4, -0.2) is 49.9 Å². The number of aromatic nitrogens is 10. The third-order valence-electron chi connectivity index (χ3n) is 8.20. The number of aromatic amines is 2. The number of H-pyrrole nitrogens is 2. The van der Waals surface area contributed by atoms with Gasteiger partial charge >= 0.3 is 0 Å². The van der Waals surface area contributed by atoms with Crippen LogP contribution >= 0.6 is 23.1 Å². The van der Waals surface area contributed by atoms with Crippen molar-refractivity contribution in [3.63, 3.8) is 0 Å². The third kappa shape index (κ3) is 3.44. The Labute approximate surface area is 259 Å². The molecule has 0 unspecified atom stereocenters. The number of fused-ring (bicyclic) bond motifs is 5. The van der Waals surface area contributed by atoms with Crippen molar-refractivity contribution >= 4 is 76.4 Å². The Morgan fingerprint density at radius 2 is 1.40 bits per heavy atom. The molecule has 0 saturated carbocycles. The Balaban J connectivity index is 1.50. The first kappa shape index (κ1) is 24.5. The van der Waals surface area contributed by atoms with Gasteiger partial charge in [0.1, 0.15) is 22.2 Å². The first-order valence-corrected chi connectivity index (χ1v) is 15.5. The molecule has 0 radical (unpaired) electrons. The molecule has 13 heteroatoms. The van der Waals surface area contributed by atoms with Gasteiger partial charge in [-0.05, 0) is 47.3 Å². The summed E-state index contributed by atoms with van der Waals surface area (Å²) in [5.74, 6) is 0. The fourth-order valence-corrected chi connectivity index (χ4v) is 7.68. The van der Waals surface area contributed by atoms with Crippen molar-refractivity contribution in [3.05, 3.63) is 84.9 Å². The summed E-state index contributed by atoms with van der Waals surface area (Å²) in [4.78, 5) is 0. The van der Waals surface area contributed by atoms with Gasteiger partial charge in [-0.15, -0.1) is 15.3 Å². The lowest BCUT2D eigenvalue weighted by molar-refractivity contribution is 0.424. The van der Waals surface area contributed by atoms with E-state index < -0.39 is 0 Å². The van der Waals surface area contributed by atoms with Crippen LogP contribution in [0.4, 0.5) is 0 Å². The first-order chi connectivity index (χ1) is 22.3. The predicted octanol–water partition coefficient (Wildman–Crippen LogP) is 7.65. The summed E-state index contributed by atoms with van der Waals surface area (Å²) in [6.07, 6.45) is 0. The molecule has 10 rings (SSSR count). The van der Waals surface area contributed by atoms with E-state index in [0.29, 0.717) is 16.6 Å². The topological polar surface area (TPSA) is 148 Å². The number of nitrogens with zero attached hydrogens (tertiary/aromatic N) is 8. The molecule has 0 aliphatic carbocycles. The van der Waals surface area contributed by atoms with Gasteiger partial charge in [0.2, 0.25) is 0 Å². The molecular formula is C32H16N10OS2. The molecule has 0 saturated heterocycles. The Morgan fingerprint density at radius 3 is 2.36 bits per heavy atom. The lowest BCUT2D eigenvalue weighted by atomic mass is 9.82. The summed E-state index contributed by atoms with van der Waals surface area (Å²) in [7, 11) is 0. The number of rotatable bonds is 4. The summed E-state index contributed by atoms with van der Waals surface area (Å²) in [5, 5.41) is 35.4. The molecule has 10 aromatic rings. The summed E-state index contributed by atoms with van der Waals surface area (Å²) < 4.78 is 16.9. The number of hydrogen-bond donors (Lipinski definition) is 2. The van der Waals surface area contributed by atoms with Crippen molar-refractivity contribution in [3.8, 4) is 44.8 Å². The van der Waals surface area contributed by atoms with E-state index in [1.165, 1.54) is 23.1 Å². The van der Waals surface area contributed by atoms with Gasteiger partial charge in [0.15, 0.2) is 5.58 Å². The van der Waals surface area contributed by atoms with Crippen LogP contribution in [0.25, 0.3) is 98.1 Å². The molecule has 5 aromatic carbocycles. The lowest BCUT2D eigenvalue weighted by Gasteiger charge is -2.20. The van der Waals surface area contributed by atoms with E-state index in [0.717, 1.165) is 81.5 Å². The highest BCUT2D eigenvalue weighted by Crippen LogP contribution is 2.53. The van der Waals surface area contributed by atoms with Crippen LogP contribution in [0.15, 0.2) is 89.5 Å². The molecule has 0 spiro atoms. The normalized spacial score (nSPS) is 12.0. The zero-order chi connectivity index (χ0) is 29.5. The summed E-state index contributed by atoms with van der Waals surface area (Å²) >= 11 is 2.80. The first-order valence-electron chi connectivity index (χ1n) is 14.0. The minimum absolute atomic E-state index is 0.561. The van der Waals surface area contributed by atoms with E-state index in [1.54, 1.807) is 0 Å². The number of nitrogens with one attached hydrogen (secondary N) is 2. The van der Waals surface area contributed by atoms with E-state index in [9.17, 15) is 0 Å². The number of para-hydroxylation sites is 1. The van der Waals surface area contributed by atoms with Crippen LogP contribution in [0, 0.1) is 0 Å². The molecule has 0 aliphatic rings. The summed E-state index contributed by atoms with van der Waals surface area (Å²) in [6.45, 7) is 0. The Kier molecular flexibility index (Phi) is 5.06. The van der Waals surface area contributed by atoms with Crippen molar-refractivity contribution < 1.29 is 4.52 Å². The highest BCUT2D eigenvalue weighted by Gasteiger charge is 2.32. The van der Waals surface area contributed by atoms with Gasteiger partial charge in [0.05, 0.1) is 26.1 Å². The summed E-state index contributed by atoms with van der Waals surface area (Å²) in [6, 6.07) is 28.2. The molecule has 5 heterocycles. The fraction of sp³-hybridized carbons (Fsp3) is 0. The van der Waals surface area contributed by atoms with Crippen LogP contribution < -0.4 is 0 Å². The van der Waals surface area contributed by atoms with Crippen LogP contribution in [0.2, 0.25) is 0 Å². The Hall–Kier alpha value is -5.92. The standard InChI is InChI=1S/C32H16N10OS2/c1-3-11-19-15(7-1)29(34-33-19)25-23(17-9-5-12-20-27(17)37-41-43-20)24(18-10-6-14-22-28(18)38-42-45-22)31-32(36-40-35-31)26(25)30-16-8-2-4-13-21(16)44-39-30/h1-14H,(H,33,34)(H,35,36,40). The van der Waals surface area contributed by atoms with Gasteiger partial charge < -0.3 is 4.52 Å². The highest BCUT2D eigenvalue weighted by atomic mass is 32.1. The van der Waals surface area contributed by atoms with Crippen molar-refractivity contribution in [2.45, 2.75) is 0 Å². The Morgan fingerprint density at radius 1 is 0.578 bits per heavy atom. The quantitative estimate of drug-likeness (QED) is 0.202. The van der Waals surface area contributed by atoms with E-state index in [-0.39, 0.29) is 0 Å². The molecule has 0 aliphatic heterocycles. The van der Waals surface area contributed by atoms with Crippen molar-refractivity contribution in [2.75, 3.05) is 0 Å². The van der Waals surface area contributed by atoms with Gasteiger partial charge in [-0.2, -0.15) is 9.47 Å². The van der Waals surface area contributed by atoms with Gasteiger partial charge in [0.25, 0.3) is 0 Å². The minimum atomic E-state index is 0.561. The molecule has 0 fully saturated rings. The average molecular weight is 621 g/mol. The molecule has 45 heavy (non-hydrogen) atoms. The van der Waals surface area contributed by atoms with Gasteiger partial charge in [-0.1, -0.05) is 70.4 Å². The molecule has 5 aromatic heterocycles. The van der Waals surface area contributed by atoms with Crippen LogP contribution in [0.3, 0.4) is 0 Å². The van der Waals surface area contributed by atoms with E-state index in [4.69, 9.17) is 19.1 Å². The smallest absolute Gasteiger partial charge is 0.188 e. The van der Waals surface area contributed by atoms with Crippen molar-refractivity contribution in [1.29, 1.82) is 0 Å². The van der Waals surface area contributed by atoms with Crippen LogP contribution in [0.1, 0.15) is 0 Å². The monoisotopic (exact) mass is 620 g/mol. The zero-order valence-corrected chi connectivity index (χ0v) is 24.5.